The van der Waals surface area contributed by atoms with Gasteiger partial charge in [0.2, 0.25) is 0 Å². The number of aromatic amines is 1. The third kappa shape index (κ3) is 2.34. The van der Waals surface area contributed by atoms with Crippen molar-refractivity contribution in [3.8, 4) is 11.4 Å². The number of hydrogen-bond acceptors (Lipinski definition) is 4. The Kier molecular flexibility index (Phi) is 3.00. The Hall–Kier alpha value is -2.21. The molecule has 2 aromatic rings. The highest BCUT2D eigenvalue weighted by atomic mass is 16.6. The molecule has 1 fully saturated rings. The molecule has 2 N–H and O–H groups in total. The lowest BCUT2D eigenvalue weighted by Crippen LogP contribution is -2.12. The quantitative estimate of drug-likeness (QED) is 0.654. The minimum Gasteiger partial charge on any atom is -0.341 e. The van der Waals surface area contributed by atoms with Crippen LogP contribution in [0, 0.1) is 10.1 Å². The number of hydrogen-bond donors (Lipinski definition) is 2. The van der Waals surface area contributed by atoms with Crippen molar-refractivity contribution < 1.29 is 4.92 Å². The van der Waals surface area contributed by atoms with Crippen LogP contribution in [0.15, 0.2) is 30.5 Å². The van der Waals surface area contributed by atoms with Crippen molar-refractivity contribution in [3.05, 3.63) is 46.3 Å². The molecular weight excluding hydrogens is 244 g/mol. The highest BCUT2D eigenvalue weighted by Gasteiger charge is 2.18. The lowest BCUT2D eigenvalue weighted by Gasteiger charge is -2.06. The Morgan fingerprint density at radius 3 is 3.05 bits per heavy atom. The molecule has 3 rings (SSSR count). The first-order chi connectivity index (χ1) is 9.24. The fraction of sp³-hybridized carbons (Fsp3) is 0.308. The van der Waals surface area contributed by atoms with Crippen molar-refractivity contribution in [2.75, 3.05) is 6.54 Å². The molecule has 2 heterocycles. The molecule has 1 saturated heterocycles. The van der Waals surface area contributed by atoms with Gasteiger partial charge in [-0.3, -0.25) is 10.1 Å². The van der Waals surface area contributed by atoms with Crippen molar-refractivity contribution in [1.82, 2.24) is 15.3 Å². The zero-order valence-electron chi connectivity index (χ0n) is 10.3. The summed E-state index contributed by atoms with van der Waals surface area (Å²) in [6.45, 7) is 1.02. The Bertz CT molecular complexity index is 602. The fourth-order valence-electron chi connectivity index (χ4n) is 2.38. The summed E-state index contributed by atoms with van der Waals surface area (Å²) in [4.78, 5) is 17.9. The van der Waals surface area contributed by atoms with Crippen LogP contribution in [-0.4, -0.2) is 21.4 Å². The molecular formula is C13H14N4O2. The van der Waals surface area contributed by atoms with Gasteiger partial charge in [-0.2, -0.15) is 0 Å². The number of nitrogens with one attached hydrogen (secondary N) is 2. The summed E-state index contributed by atoms with van der Waals surface area (Å²) in [7, 11) is 0. The molecule has 1 unspecified atom stereocenters. The second-order valence-electron chi connectivity index (χ2n) is 4.64. The van der Waals surface area contributed by atoms with Gasteiger partial charge in [0.05, 0.1) is 16.8 Å². The van der Waals surface area contributed by atoms with Crippen LogP contribution < -0.4 is 5.32 Å². The van der Waals surface area contributed by atoms with Crippen molar-refractivity contribution in [2.24, 2.45) is 0 Å². The molecule has 0 spiro atoms. The van der Waals surface area contributed by atoms with E-state index in [0.29, 0.717) is 11.9 Å². The molecule has 0 amide bonds. The molecule has 98 valence electrons. The van der Waals surface area contributed by atoms with Gasteiger partial charge >= 0.3 is 0 Å². The molecule has 19 heavy (non-hydrogen) atoms. The van der Waals surface area contributed by atoms with Crippen LogP contribution in [0.5, 0.6) is 0 Å². The Labute approximate surface area is 110 Å². The molecule has 6 heteroatoms. The average Bonchev–Trinajstić information content (AvgIpc) is 3.09. The lowest BCUT2D eigenvalue weighted by molar-refractivity contribution is -0.384. The van der Waals surface area contributed by atoms with E-state index in [0.717, 1.165) is 30.6 Å². The Morgan fingerprint density at radius 1 is 1.42 bits per heavy atom. The van der Waals surface area contributed by atoms with Gasteiger partial charge in [0.15, 0.2) is 0 Å². The van der Waals surface area contributed by atoms with Crippen LogP contribution in [0.2, 0.25) is 0 Å². The Morgan fingerprint density at radius 2 is 2.32 bits per heavy atom. The number of nitro benzene ring substituents is 1. The molecule has 1 atom stereocenters. The second kappa shape index (κ2) is 4.81. The smallest absolute Gasteiger partial charge is 0.270 e. The van der Waals surface area contributed by atoms with Gasteiger partial charge in [0.1, 0.15) is 5.82 Å². The third-order valence-corrected chi connectivity index (χ3v) is 3.36. The summed E-state index contributed by atoms with van der Waals surface area (Å²) >= 11 is 0. The fourth-order valence-corrected chi connectivity index (χ4v) is 2.38. The standard InChI is InChI=1S/C13H14N4O2/c18-17(19)10-4-1-3-9(7-10)13-15-8-12(16-13)11-5-2-6-14-11/h1,3-4,7-8,11,14H,2,5-6H2,(H,15,16). The van der Waals surface area contributed by atoms with Crippen molar-refractivity contribution >= 4 is 5.69 Å². The summed E-state index contributed by atoms with van der Waals surface area (Å²) in [6, 6.07) is 6.82. The van der Waals surface area contributed by atoms with Crippen LogP contribution in [0.4, 0.5) is 5.69 Å². The zero-order valence-corrected chi connectivity index (χ0v) is 10.3. The van der Waals surface area contributed by atoms with E-state index in [4.69, 9.17) is 0 Å². The maximum atomic E-state index is 10.8. The first-order valence-electron chi connectivity index (χ1n) is 6.27. The predicted octanol–water partition coefficient (Wildman–Crippen LogP) is 2.41. The van der Waals surface area contributed by atoms with Crippen molar-refractivity contribution in [2.45, 2.75) is 18.9 Å². The number of aromatic nitrogens is 2. The van der Waals surface area contributed by atoms with Gasteiger partial charge in [-0.05, 0) is 19.4 Å². The van der Waals surface area contributed by atoms with Crippen LogP contribution in [0.25, 0.3) is 11.4 Å². The number of nitrogens with zero attached hydrogens (tertiary/aromatic N) is 2. The van der Waals surface area contributed by atoms with Crippen LogP contribution in [0.1, 0.15) is 24.6 Å². The normalized spacial score (nSPS) is 18.6. The number of imidazole rings is 1. The average molecular weight is 258 g/mol. The van der Waals surface area contributed by atoms with E-state index in [9.17, 15) is 10.1 Å². The summed E-state index contributed by atoms with van der Waals surface area (Å²) in [5.41, 5.74) is 1.85. The number of rotatable bonds is 3. The van der Waals surface area contributed by atoms with Crippen LogP contribution in [0.3, 0.4) is 0 Å². The predicted molar refractivity (Wildman–Crippen MR) is 70.7 cm³/mol. The summed E-state index contributed by atoms with van der Waals surface area (Å²) in [5.74, 6) is 0.674. The number of H-pyrrole nitrogens is 1. The van der Waals surface area contributed by atoms with Crippen molar-refractivity contribution in [3.63, 3.8) is 0 Å². The molecule has 0 radical (unpaired) electrons. The van der Waals surface area contributed by atoms with E-state index in [1.165, 1.54) is 12.1 Å². The lowest BCUT2D eigenvalue weighted by atomic mass is 10.2. The second-order valence-corrected chi connectivity index (χ2v) is 4.64. The van der Waals surface area contributed by atoms with E-state index < -0.39 is 4.92 Å². The van der Waals surface area contributed by atoms with Gasteiger partial charge in [0.25, 0.3) is 5.69 Å². The minimum absolute atomic E-state index is 0.0782. The SMILES string of the molecule is O=[N+]([O-])c1cccc(-c2ncc(C3CCCN3)[nH]2)c1. The van der Waals surface area contributed by atoms with Gasteiger partial charge < -0.3 is 10.3 Å². The van der Waals surface area contributed by atoms with E-state index in [1.54, 1.807) is 12.3 Å². The number of non-ortho nitro benzene ring substituents is 1. The van der Waals surface area contributed by atoms with E-state index in [-0.39, 0.29) is 5.69 Å². The van der Waals surface area contributed by atoms with Gasteiger partial charge in [-0.15, -0.1) is 0 Å². The molecule has 1 aliphatic heterocycles. The van der Waals surface area contributed by atoms with Crippen LogP contribution >= 0.6 is 0 Å². The summed E-state index contributed by atoms with van der Waals surface area (Å²) in [5, 5.41) is 14.2. The molecule has 1 aliphatic rings. The topological polar surface area (TPSA) is 83.8 Å². The van der Waals surface area contributed by atoms with Gasteiger partial charge in [0, 0.05) is 23.7 Å². The Balaban J connectivity index is 1.89. The van der Waals surface area contributed by atoms with Crippen molar-refractivity contribution in [1.29, 1.82) is 0 Å². The number of benzene rings is 1. The largest absolute Gasteiger partial charge is 0.341 e. The summed E-state index contributed by atoms with van der Waals surface area (Å²) < 4.78 is 0. The minimum atomic E-state index is -0.397. The maximum absolute atomic E-state index is 10.8. The summed E-state index contributed by atoms with van der Waals surface area (Å²) in [6.07, 6.45) is 4.06. The van der Waals surface area contributed by atoms with Gasteiger partial charge in [-0.1, -0.05) is 12.1 Å². The maximum Gasteiger partial charge on any atom is 0.270 e. The molecule has 0 saturated carbocycles. The third-order valence-electron chi connectivity index (χ3n) is 3.36. The van der Waals surface area contributed by atoms with E-state index in [1.807, 2.05) is 6.07 Å². The zero-order chi connectivity index (χ0) is 13.2. The van der Waals surface area contributed by atoms with Gasteiger partial charge in [-0.25, -0.2) is 4.98 Å². The highest BCUT2D eigenvalue weighted by Crippen LogP contribution is 2.25. The monoisotopic (exact) mass is 258 g/mol. The van der Waals surface area contributed by atoms with Crippen LogP contribution in [-0.2, 0) is 0 Å². The molecule has 1 aromatic heterocycles. The molecule has 6 nitrogen and oxygen atoms in total. The first-order valence-corrected chi connectivity index (χ1v) is 6.27. The van der Waals surface area contributed by atoms with E-state index in [2.05, 4.69) is 15.3 Å². The first kappa shape index (κ1) is 11.9. The molecule has 1 aromatic carbocycles. The molecule has 0 bridgehead atoms. The number of nitro groups is 1. The van der Waals surface area contributed by atoms with E-state index >= 15 is 0 Å². The highest BCUT2D eigenvalue weighted by molar-refractivity contribution is 5.59. The molecule has 0 aliphatic carbocycles.